The number of aromatic nitrogens is 4. The Bertz CT molecular complexity index is 802. The molecule has 118 valence electrons. The van der Waals surface area contributed by atoms with Crippen molar-refractivity contribution < 1.29 is 0 Å². The molecule has 1 atom stereocenters. The molecule has 0 radical (unpaired) electrons. The molecule has 6 heteroatoms. The molecule has 2 aromatic heterocycles. The minimum atomic E-state index is 0.481. The van der Waals surface area contributed by atoms with Crippen molar-refractivity contribution in [3.63, 3.8) is 0 Å². The van der Waals surface area contributed by atoms with Gasteiger partial charge in [-0.15, -0.1) is 0 Å². The van der Waals surface area contributed by atoms with Crippen LogP contribution in [0.3, 0.4) is 0 Å². The van der Waals surface area contributed by atoms with Gasteiger partial charge in [-0.05, 0) is 43.1 Å². The fourth-order valence-electron chi connectivity index (χ4n) is 3.42. The first-order chi connectivity index (χ1) is 11.3. The van der Waals surface area contributed by atoms with Crippen LogP contribution < -0.4 is 0 Å². The number of hydrogen-bond donors (Lipinski definition) is 0. The normalized spacial score (nSPS) is 18.7. The fourth-order valence-corrected chi connectivity index (χ4v) is 3.67. The van der Waals surface area contributed by atoms with Gasteiger partial charge in [-0.2, -0.15) is 5.10 Å². The lowest BCUT2D eigenvalue weighted by Crippen LogP contribution is -2.32. The molecule has 1 aliphatic rings. The van der Waals surface area contributed by atoms with Crippen molar-refractivity contribution in [2.75, 3.05) is 6.54 Å². The van der Waals surface area contributed by atoms with Gasteiger partial charge in [0.15, 0.2) is 0 Å². The van der Waals surface area contributed by atoms with E-state index in [4.69, 9.17) is 11.6 Å². The Morgan fingerprint density at radius 3 is 3.13 bits per heavy atom. The molecule has 0 aliphatic carbocycles. The number of hydrogen-bond acceptors (Lipinski definition) is 4. The Morgan fingerprint density at radius 1 is 1.30 bits per heavy atom. The van der Waals surface area contributed by atoms with Crippen molar-refractivity contribution in [2.24, 2.45) is 0 Å². The molecule has 0 bridgehead atoms. The van der Waals surface area contributed by atoms with E-state index in [1.165, 1.54) is 18.4 Å². The maximum Gasteiger partial charge on any atom is 0.137 e. The van der Waals surface area contributed by atoms with Crippen LogP contribution in [0.4, 0.5) is 0 Å². The van der Waals surface area contributed by atoms with Gasteiger partial charge in [-0.3, -0.25) is 14.6 Å². The first-order valence-corrected chi connectivity index (χ1v) is 8.27. The summed E-state index contributed by atoms with van der Waals surface area (Å²) < 4.78 is 1.91. The van der Waals surface area contributed by atoms with Crippen LogP contribution >= 0.6 is 11.6 Å². The molecule has 1 aromatic carbocycles. The summed E-state index contributed by atoms with van der Waals surface area (Å²) in [6, 6.07) is 8.52. The van der Waals surface area contributed by atoms with E-state index >= 15 is 0 Å². The topological polar surface area (TPSA) is 46.8 Å². The van der Waals surface area contributed by atoms with E-state index in [2.05, 4.69) is 26.0 Å². The van der Waals surface area contributed by atoms with E-state index in [-0.39, 0.29) is 0 Å². The number of benzene rings is 1. The van der Waals surface area contributed by atoms with Gasteiger partial charge in [-0.25, -0.2) is 4.98 Å². The second-order valence-electron chi connectivity index (χ2n) is 6.02. The van der Waals surface area contributed by atoms with Gasteiger partial charge in [0.1, 0.15) is 12.7 Å². The predicted octanol–water partition coefficient (Wildman–Crippen LogP) is 3.14. The average Bonchev–Trinajstić information content (AvgIpc) is 3.20. The second kappa shape index (κ2) is 6.26. The zero-order valence-corrected chi connectivity index (χ0v) is 13.5. The Kier molecular flexibility index (Phi) is 3.97. The Hall–Kier alpha value is -1.98. The third-order valence-corrected chi connectivity index (χ3v) is 4.70. The summed E-state index contributed by atoms with van der Waals surface area (Å²) in [6.45, 7) is 2.85. The number of pyridine rings is 1. The highest BCUT2D eigenvalue weighted by molar-refractivity contribution is 6.31. The molecule has 1 fully saturated rings. The molecule has 0 saturated carbocycles. The minimum absolute atomic E-state index is 0.481. The summed E-state index contributed by atoms with van der Waals surface area (Å²) in [5, 5.41) is 6.10. The van der Waals surface area contributed by atoms with E-state index in [0.717, 1.165) is 35.6 Å². The summed E-state index contributed by atoms with van der Waals surface area (Å²) in [5.41, 5.74) is 2.24. The highest BCUT2D eigenvalue weighted by Gasteiger charge is 2.25. The molecule has 0 unspecified atom stereocenters. The van der Waals surface area contributed by atoms with Gasteiger partial charge in [0.05, 0.1) is 12.1 Å². The smallest absolute Gasteiger partial charge is 0.137 e. The van der Waals surface area contributed by atoms with E-state index in [1.54, 1.807) is 12.7 Å². The maximum atomic E-state index is 6.29. The van der Waals surface area contributed by atoms with Crippen molar-refractivity contribution in [3.05, 3.63) is 53.7 Å². The average molecular weight is 328 g/mol. The fraction of sp³-hybridized carbons (Fsp3) is 0.353. The van der Waals surface area contributed by atoms with Crippen molar-refractivity contribution in [3.8, 4) is 0 Å². The third kappa shape index (κ3) is 3.07. The van der Waals surface area contributed by atoms with Crippen LogP contribution in [0.15, 0.2) is 43.1 Å². The SMILES string of the molecule is Clc1cc(CN2CCC[C@H]2Cn2cncn2)c2ncccc2c1. The zero-order chi connectivity index (χ0) is 15.6. The molecular formula is C17H18ClN5. The standard InChI is InChI=1S/C17H18ClN5/c18-15-7-13-3-1-5-20-17(13)14(8-15)9-22-6-2-4-16(22)10-23-12-19-11-21-23/h1,3,5,7-8,11-12,16H,2,4,6,9-10H2/t16-/m0/s1. The Balaban J connectivity index is 1.59. The van der Waals surface area contributed by atoms with Crippen molar-refractivity contribution in [1.82, 2.24) is 24.6 Å². The molecular weight excluding hydrogens is 310 g/mol. The maximum absolute atomic E-state index is 6.29. The van der Waals surface area contributed by atoms with Crippen LogP contribution in [0.5, 0.6) is 0 Å². The van der Waals surface area contributed by atoms with Gasteiger partial charge in [-0.1, -0.05) is 17.7 Å². The molecule has 23 heavy (non-hydrogen) atoms. The summed E-state index contributed by atoms with van der Waals surface area (Å²) in [5.74, 6) is 0. The zero-order valence-electron chi connectivity index (χ0n) is 12.8. The van der Waals surface area contributed by atoms with Gasteiger partial charge < -0.3 is 0 Å². The van der Waals surface area contributed by atoms with Crippen LogP contribution in [-0.2, 0) is 13.1 Å². The molecule has 3 aromatic rings. The monoisotopic (exact) mass is 327 g/mol. The second-order valence-corrected chi connectivity index (χ2v) is 6.46. The number of halogens is 1. The highest BCUT2D eigenvalue weighted by atomic mass is 35.5. The van der Waals surface area contributed by atoms with Crippen molar-refractivity contribution in [2.45, 2.75) is 32.0 Å². The number of likely N-dealkylation sites (tertiary alicyclic amines) is 1. The lowest BCUT2D eigenvalue weighted by Gasteiger charge is -2.24. The van der Waals surface area contributed by atoms with Gasteiger partial charge in [0.2, 0.25) is 0 Å². The first-order valence-electron chi connectivity index (χ1n) is 7.89. The summed E-state index contributed by atoms with van der Waals surface area (Å²) in [6.07, 6.45) is 7.62. The molecule has 5 nitrogen and oxygen atoms in total. The molecule has 0 amide bonds. The molecule has 0 N–H and O–H groups in total. The molecule has 4 rings (SSSR count). The quantitative estimate of drug-likeness (QED) is 0.738. The third-order valence-electron chi connectivity index (χ3n) is 4.49. The van der Waals surface area contributed by atoms with Crippen molar-refractivity contribution in [1.29, 1.82) is 0 Å². The van der Waals surface area contributed by atoms with E-state index in [0.29, 0.717) is 6.04 Å². The summed E-state index contributed by atoms with van der Waals surface area (Å²) in [4.78, 5) is 11.1. The van der Waals surface area contributed by atoms with Crippen LogP contribution in [0.25, 0.3) is 10.9 Å². The summed E-state index contributed by atoms with van der Waals surface area (Å²) >= 11 is 6.29. The van der Waals surface area contributed by atoms with Crippen LogP contribution in [0.2, 0.25) is 5.02 Å². The lowest BCUT2D eigenvalue weighted by atomic mass is 10.1. The first kappa shape index (κ1) is 14.6. The number of rotatable bonds is 4. The Morgan fingerprint density at radius 2 is 2.26 bits per heavy atom. The molecule has 3 heterocycles. The van der Waals surface area contributed by atoms with Gasteiger partial charge >= 0.3 is 0 Å². The van der Waals surface area contributed by atoms with Crippen LogP contribution in [0, 0.1) is 0 Å². The van der Waals surface area contributed by atoms with E-state index in [9.17, 15) is 0 Å². The van der Waals surface area contributed by atoms with Gasteiger partial charge in [0.25, 0.3) is 0 Å². The van der Waals surface area contributed by atoms with E-state index < -0.39 is 0 Å². The Labute approximate surface area is 139 Å². The number of nitrogens with zero attached hydrogens (tertiary/aromatic N) is 5. The van der Waals surface area contributed by atoms with Crippen LogP contribution in [0.1, 0.15) is 18.4 Å². The van der Waals surface area contributed by atoms with Crippen LogP contribution in [-0.4, -0.2) is 37.2 Å². The molecule has 1 saturated heterocycles. The number of fused-ring (bicyclic) bond motifs is 1. The lowest BCUT2D eigenvalue weighted by molar-refractivity contribution is 0.219. The largest absolute Gasteiger partial charge is 0.294 e. The summed E-state index contributed by atoms with van der Waals surface area (Å²) in [7, 11) is 0. The predicted molar refractivity (Wildman–Crippen MR) is 90.2 cm³/mol. The molecule has 0 spiro atoms. The minimum Gasteiger partial charge on any atom is -0.294 e. The highest BCUT2D eigenvalue weighted by Crippen LogP contribution is 2.27. The van der Waals surface area contributed by atoms with Gasteiger partial charge in [0, 0.05) is 29.2 Å². The van der Waals surface area contributed by atoms with Crippen molar-refractivity contribution >= 4 is 22.5 Å². The van der Waals surface area contributed by atoms with E-state index in [1.807, 2.05) is 29.1 Å². The molecule has 1 aliphatic heterocycles.